The van der Waals surface area contributed by atoms with Gasteiger partial charge in [0.05, 0.1) is 0 Å². The van der Waals surface area contributed by atoms with Crippen molar-refractivity contribution in [3.63, 3.8) is 0 Å². The lowest BCUT2D eigenvalue weighted by Gasteiger charge is -2.32. The van der Waals surface area contributed by atoms with Crippen molar-refractivity contribution in [3.8, 4) is 0 Å². The zero-order chi connectivity index (χ0) is 16.2. The molecule has 1 aromatic heterocycles. The quantitative estimate of drug-likeness (QED) is 0.729. The smallest absolute Gasteiger partial charge is 0.147 e. The lowest BCUT2D eigenvalue weighted by molar-refractivity contribution is -0.111. The predicted octanol–water partition coefficient (Wildman–Crippen LogP) is 4.48. The van der Waals surface area contributed by atoms with Crippen molar-refractivity contribution in [1.29, 1.82) is 0 Å². The van der Waals surface area contributed by atoms with Crippen molar-refractivity contribution in [2.24, 2.45) is 0 Å². The van der Waals surface area contributed by atoms with Gasteiger partial charge in [0.15, 0.2) is 0 Å². The Hall–Kier alpha value is -1.07. The van der Waals surface area contributed by atoms with Crippen LogP contribution in [0.25, 0.3) is 0 Å². The number of aromatic nitrogens is 2. The predicted molar refractivity (Wildman–Crippen MR) is 88.2 cm³/mol. The number of hydrogen-bond donors (Lipinski definition) is 2. The van der Waals surface area contributed by atoms with Gasteiger partial charge in [0.2, 0.25) is 0 Å². The van der Waals surface area contributed by atoms with Gasteiger partial charge in [-0.3, -0.25) is 0 Å². The normalized spacial score (nSPS) is 15.5. The van der Waals surface area contributed by atoms with E-state index < -0.39 is 11.7 Å². The maximum Gasteiger partial charge on any atom is 0.147 e. The van der Waals surface area contributed by atoms with Crippen LogP contribution in [0.4, 0.5) is 0 Å². The summed E-state index contributed by atoms with van der Waals surface area (Å²) in [4.78, 5) is 7.23. The molecule has 1 aromatic carbocycles. The van der Waals surface area contributed by atoms with Crippen LogP contribution in [0.1, 0.15) is 44.2 Å². The van der Waals surface area contributed by atoms with Crippen molar-refractivity contribution in [2.75, 3.05) is 6.61 Å². The number of benzene rings is 1. The second-order valence-electron chi connectivity index (χ2n) is 5.35. The van der Waals surface area contributed by atoms with Crippen LogP contribution >= 0.6 is 23.2 Å². The van der Waals surface area contributed by atoms with Crippen molar-refractivity contribution in [3.05, 3.63) is 52.0 Å². The number of hydrogen-bond acceptors (Lipinski definition) is 3. The number of imidazole rings is 1. The summed E-state index contributed by atoms with van der Waals surface area (Å²) in [6.45, 7) is 4.28. The van der Waals surface area contributed by atoms with Crippen LogP contribution in [0.3, 0.4) is 0 Å². The van der Waals surface area contributed by atoms with Gasteiger partial charge in [-0.05, 0) is 25.5 Å². The zero-order valence-electron chi connectivity index (χ0n) is 12.6. The molecule has 2 unspecified atom stereocenters. The van der Waals surface area contributed by atoms with Gasteiger partial charge in [0, 0.05) is 34.6 Å². The number of ether oxygens (including phenoxy) is 1. The number of nitrogens with zero attached hydrogens (tertiary/aromatic N) is 1. The first-order valence-corrected chi connectivity index (χ1v) is 8.01. The highest BCUT2D eigenvalue weighted by molar-refractivity contribution is 6.35. The summed E-state index contributed by atoms with van der Waals surface area (Å²) in [7, 11) is 0. The van der Waals surface area contributed by atoms with E-state index in [1.54, 1.807) is 37.5 Å². The van der Waals surface area contributed by atoms with E-state index in [1.807, 2.05) is 0 Å². The van der Waals surface area contributed by atoms with Crippen molar-refractivity contribution >= 4 is 23.2 Å². The topological polar surface area (TPSA) is 58.1 Å². The van der Waals surface area contributed by atoms with E-state index in [0.29, 0.717) is 28.0 Å². The molecule has 0 radical (unpaired) electrons. The molecule has 22 heavy (non-hydrogen) atoms. The standard InChI is InChI=1S/C16H20Cl2N2O2/c1-3-4-9-22-14(15-19-7-8-20-15)16(2,21)12-6-5-11(17)10-13(12)18/h5-8,10,14,21H,3-4,9H2,1-2H3,(H,19,20). The van der Waals surface area contributed by atoms with E-state index in [0.717, 1.165) is 12.8 Å². The summed E-state index contributed by atoms with van der Waals surface area (Å²) in [6.07, 6.45) is 4.60. The van der Waals surface area contributed by atoms with Gasteiger partial charge in [-0.1, -0.05) is 42.6 Å². The summed E-state index contributed by atoms with van der Waals surface area (Å²) < 4.78 is 5.90. The summed E-state index contributed by atoms with van der Waals surface area (Å²) in [5, 5.41) is 12.0. The molecule has 120 valence electrons. The molecule has 4 nitrogen and oxygen atoms in total. The fraction of sp³-hybridized carbons (Fsp3) is 0.438. The number of unbranched alkanes of at least 4 members (excludes halogenated alkanes) is 1. The van der Waals surface area contributed by atoms with E-state index >= 15 is 0 Å². The maximum atomic E-state index is 11.1. The number of aliphatic hydroxyl groups is 1. The first-order chi connectivity index (χ1) is 10.5. The Labute approximate surface area is 140 Å². The van der Waals surface area contributed by atoms with E-state index in [2.05, 4.69) is 16.9 Å². The number of nitrogens with one attached hydrogen (secondary N) is 1. The van der Waals surface area contributed by atoms with Crippen molar-refractivity contribution in [2.45, 2.75) is 38.4 Å². The molecule has 0 saturated carbocycles. The summed E-state index contributed by atoms with van der Waals surface area (Å²) in [5.74, 6) is 0.562. The fourth-order valence-electron chi connectivity index (χ4n) is 2.32. The molecule has 0 saturated heterocycles. The molecule has 0 aliphatic rings. The molecule has 0 aliphatic heterocycles. The molecule has 6 heteroatoms. The largest absolute Gasteiger partial charge is 0.382 e. The van der Waals surface area contributed by atoms with E-state index in [9.17, 15) is 5.11 Å². The Morgan fingerprint density at radius 2 is 2.18 bits per heavy atom. The molecule has 2 atom stereocenters. The Morgan fingerprint density at radius 1 is 1.41 bits per heavy atom. The number of aromatic amines is 1. The molecule has 0 bridgehead atoms. The second-order valence-corrected chi connectivity index (χ2v) is 6.19. The third kappa shape index (κ3) is 3.82. The van der Waals surface area contributed by atoms with Crippen LogP contribution in [0.15, 0.2) is 30.6 Å². The minimum absolute atomic E-state index is 0.396. The summed E-state index contributed by atoms with van der Waals surface area (Å²) in [5.41, 5.74) is -0.788. The first-order valence-electron chi connectivity index (χ1n) is 7.25. The number of rotatable bonds is 7. The van der Waals surface area contributed by atoms with Crippen LogP contribution in [0, 0.1) is 0 Å². The molecule has 1 heterocycles. The molecule has 0 aliphatic carbocycles. The van der Waals surface area contributed by atoms with E-state index in [4.69, 9.17) is 27.9 Å². The van der Waals surface area contributed by atoms with Crippen LogP contribution < -0.4 is 0 Å². The summed E-state index contributed by atoms with van der Waals surface area (Å²) >= 11 is 12.2. The third-order valence-electron chi connectivity index (χ3n) is 3.54. The average molecular weight is 343 g/mol. The maximum absolute atomic E-state index is 11.1. The van der Waals surface area contributed by atoms with Gasteiger partial charge in [-0.2, -0.15) is 0 Å². The van der Waals surface area contributed by atoms with Gasteiger partial charge < -0.3 is 14.8 Å². The highest BCUT2D eigenvalue weighted by atomic mass is 35.5. The summed E-state index contributed by atoms with van der Waals surface area (Å²) in [6, 6.07) is 5.02. The van der Waals surface area contributed by atoms with Crippen molar-refractivity contribution in [1.82, 2.24) is 9.97 Å². The Balaban J connectivity index is 2.35. The van der Waals surface area contributed by atoms with Crippen molar-refractivity contribution < 1.29 is 9.84 Å². The highest BCUT2D eigenvalue weighted by Crippen LogP contribution is 2.40. The second kappa shape index (κ2) is 7.47. The van der Waals surface area contributed by atoms with E-state index in [1.165, 1.54) is 0 Å². The molecule has 2 aromatic rings. The molecule has 0 amide bonds. The van der Waals surface area contributed by atoms with Crippen LogP contribution in [-0.4, -0.2) is 21.7 Å². The molecule has 0 spiro atoms. The molecule has 2 rings (SSSR count). The third-order valence-corrected chi connectivity index (χ3v) is 4.08. The van der Waals surface area contributed by atoms with Crippen LogP contribution in [-0.2, 0) is 10.3 Å². The fourth-order valence-corrected chi connectivity index (χ4v) is 2.91. The monoisotopic (exact) mass is 342 g/mol. The van der Waals surface area contributed by atoms with Crippen LogP contribution in [0.5, 0.6) is 0 Å². The van der Waals surface area contributed by atoms with Gasteiger partial charge in [-0.25, -0.2) is 4.98 Å². The minimum atomic E-state index is -1.34. The SMILES string of the molecule is CCCCOC(c1ncc[nH]1)C(C)(O)c1ccc(Cl)cc1Cl. The lowest BCUT2D eigenvalue weighted by atomic mass is 9.89. The van der Waals surface area contributed by atoms with Gasteiger partial charge in [0.1, 0.15) is 17.5 Å². The number of H-pyrrole nitrogens is 1. The first kappa shape index (κ1) is 17.3. The van der Waals surface area contributed by atoms with E-state index in [-0.39, 0.29) is 0 Å². The lowest BCUT2D eigenvalue weighted by Crippen LogP contribution is -2.33. The average Bonchev–Trinajstić information content (AvgIpc) is 2.96. The molecule has 2 N–H and O–H groups in total. The Bertz CT molecular complexity index is 600. The molecular formula is C16H20Cl2N2O2. The van der Waals surface area contributed by atoms with Gasteiger partial charge in [0.25, 0.3) is 0 Å². The number of halogens is 2. The van der Waals surface area contributed by atoms with Crippen LogP contribution in [0.2, 0.25) is 10.0 Å². The zero-order valence-corrected chi connectivity index (χ0v) is 14.2. The molecule has 0 fully saturated rings. The van der Waals surface area contributed by atoms with Gasteiger partial charge in [-0.15, -0.1) is 0 Å². The minimum Gasteiger partial charge on any atom is -0.382 e. The van der Waals surface area contributed by atoms with Gasteiger partial charge >= 0.3 is 0 Å². The Morgan fingerprint density at radius 3 is 2.77 bits per heavy atom. The molecular weight excluding hydrogens is 323 g/mol. The highest BCUT2D eigenvalue weighted by Gasteiger charge is 2.39. The Kier molecular flexibility index (Phi) is 5.87.